The van der Waals surface area contributed by atoms with Gasteiger partial charge in [-0.1, -0.05) is 11.6 Å². The Hall–Kier alpha value is -3.35. The van der Waals surface area contributed by atoms with Gasteiger partial charge in [-0.3, -0.25) is 9.78 Å². The van der Waals surface area contributed by atoms with E-state index in [1.807, 2.05) is 32.0 Å². The number of amides is 2. The average Bonchev–Trinajstić information content (AvgIpc) is 3.04. The van der Waals surface area contributed by atoms with Crippen molar-refractivity contribution >= 4 is 23.0 Å². The zero-order valence-electron chi connectivity index (χ0n) is 15.8. The number of carbonyl (C=O) groups excluding carboxylic acids is 2. The molecular weight excluding hydrogens is 358 g/mol. The number of hydrogen-bond donors (Lipinski definition) is 0. The summed E-state index contributed by atoms with van der Waals surface area (Å²) in [6.07, 6.45) is 2.67. The minimum atomic E-state index is -0.435. The summed E-state index contributed by atoms with van der Waals surface area (Å²) >= 11 is 0. The smallest absolute Gasteiger partial charge is 0.415 e. The summed E-state index contributed by atoms with van der Waals surface area (Å²) in [6, 6.07) is 9.26. The number of aryl methyl sites for hydroxylation is 2. The summed E-state index contributed by atoms with van der Waals surface area (Å²) in [5.74, 6) is 0.623. The zero-order chi connectivity index (χ0) is 19.7. The third kappa shape index (κ3) is 3.43. The van der Waals surface area contributed by atoms with Gasteiger partial charge in [-0.2, -0.15) is 0 Å². The zero-order valence-corrected chi connectivity index (χ0v) is 15.8. The highest BCUT2D eigenvalue weighted by Gasteiger charge is 2.29. The topological polar surface area (TPSA) is 75.9 Å². The van der Waals surface area contributed by atoms with E-state index in [1.54, 1.807) is 28.1 Å². The van der Waals surface area contributed by atoms with Crippen LogP contribution in [0, 0.1) is 13.8 Å². The molecule has 2 aromatic heterocycles. The van der Waals surface area contributed by atoms with Crippen LogP contribution in [0.25, 0.3) is 11.0 Å². The molecule has 7 heteroatoms. The number of piperazine rings is 1. The van der Waals surface area contributed by atoms with Crippen LogP contribution in [-0.2, 0) is 0 Å². The van der Waals surface area contributed by atoms with Crippen molar-refractivity contribution in [3.63, 3.8) is 0 Å². The molecule has 144 valence electrons. The molecule has 0 unspecified atom stereocenters. The molecule has 2 amide bonds. The summed E-state index contributed by atoms with van der Waals surface area (Å²) in [7, 11) is 0. The van der Waals surface area contributed by atoms with E-state index in [0.717, 1.165) is 16.5 Å². The maximum Gasteiger partial charge on any atom is 0.415 e. The maximum absolute atomic E-state index is 12.9. The van der Waals surface area contributed by atoms with Gasteiger partial charge in [0.2, 0.25) is 0 Å². The Kier molecular flexibility index (Phi) is 4.73. The minimum absolute atomic E-state index is 0.147. The quantitative estimate of drug-likeness (QED) is 0.682. The predicted octanol–water partition coefficient (Wildman–Crippen LogP) is 3.40. The molecule has 1 fully saturated rings. The molecule has 1 aliphatic rings. The van der Waals surface area contributed by atoms with Gasteiger partial charge in [-0.15, -0.1) is 0 Å². The van der Waals surface area contributed by atoms with E-state index in [9.17, 15) is 9.59 Å². The third-order valence-electron chi connectivity index (χ3n) is 4.95. The van der Waals surface area contributed by atoms with Gasteiger partial charge in [0.15, 0.2) is 11.5 Å². The molecule has 0 spiro atoms. The fourth-order valence-electron chi connectivity index (χ4n) is 3.35. The second kappa shape index (κ2) is 7.34. The number of pyridine rings is 1. The lowest BCUT2D eigenvalue weighted by Gasteiger charge is -2.33. The van der Waals surface area contributed by atoms with Crippen LogP contribution in [0.4, 0.5) is 4.79 Å². The summed E-state index contributed by atoms with van der Waals surface area (Å²) in [4.78, 5) is 32.4. The molecule has 7 nitrogen and oxygen atoms in total. The Balaban J connectivity index is 1.42. The number of fused-ring (bicyclic) bond motifs is 1. The van der Waals surface area contributed by atoms with Crippen LogP contribution in [0.2, 0.25) is 0 Å². The van der Waals surface area contributed by atoms with Crippen LogP contribution in [-0.4, -0.2) is 53.0 Å². The lowest BCUT2D eigenvalue weighted by atomic mass is 10.1. The van der Waals surface area contributed by atoms with Gasteiger partial charge in [0.1, 0.15) is 5.58 Å². The molecule has 0 N–H and O–H groups in total. The van der Waals surface area contributed by atoms with E-state index in [-0.39, 0.29) is 5.91 Å². The molecule has 0 radical (unpaired) electrons. The second-order valence-electron chi connectivity index (χ2n) is 6.89. The summed E-state index contributed by atoms with van der Waals surface area (Å²) in [5.41, 5.74) is 2.68. The molecule has 28 heavy (non-hydrogen) atoms. The molecule has 1 aromatic carbocycles. The number of nitrogens with zero attached hydrogens (tertiary/aromatic N) is 3. The Morgan fingerprint density at radius 3 is 2.54 bits per heavy atom. The minimum Gasteiger partial charge on any atom is -0.451 e. The second-order valence-corrected chi connectivity index (χ2v) is 6.89. The van der Waals surface area contributed by atoms with E-state index < -0.39 is 6.09 Å². The van der Waals surface area contributed by atoms with Crippen molar-refractivity contribution in [2.24, 2.45) is 0 Å². The first-order chi connectivity index (χ1) is 13.5. The number of hydrogen-bond acceptors (Lipinski definition) is 5. The summed E-state index contributed by atoms with van der Waals surface area (Å²) in [5, 5.41) is 0.960. The predicted molar refractivity (Wildman–Crippen MR) is 103 cm³/mol. The van der Waals surface area contributed by atoms with Gasteiger partial charge in [-0.25, -0.2) is 4.79 Å². The number of rotatable bonds is 2. The lowest BCUT2D eigenvalue weighted by molar-refractivity contribution is 0.0605. The first-order valence-electron chi connectivity index (χ1n) is 9.19. The van der Waals surface area contributed by atoms with Crippen molar-refractivity contribution in [2.45, 2.75) is 13.8 Å². The molecule has 0 bridgehead atoms. The van der Waals surface area contributed by atoms with Crippen LogP contribution in [0.1, 0.15) is 21.7 Å². The van der Waals surface area contributed by atoms with Gasteiger partial charge in [-0.05, 0) is 38.1 Å². The summed E-state index contributed by atoms with van der Waals surface area (Å²) < 4.78 is 11.1. The maximum atomic E-state index is 12.9. The van der Waals surface area contributed by atoms with Crippen LogP contribution in [0.5, 0.6) is 5.75 Å². The van der Waals surface area contributed by atoms with Gasteiger partial charge < -0.3 is 19.0 Å². The fourth-order valence-corrected chi connectivity index (χ4v) is 3.35. The van der Waals surface area contributed by atoms with E-state index in [1.165, 1.54) is 6.20 Å². The van der Waals surface area contributed by atoms with Crippen molar-refractivity contribution < 1.29 is 18.7 Å². The first-order valence-corrected chi connectivity index (χ1v) is 9.19. The van der Waals surface area contributed by atoms with Crippen LogP contribution in [0.15, 0.2) is 47.1 Å². The SMILES string of the molecule is Cc1ccc2oc(C(=O)N3CCN(C(=O)Oc4cccnc4)CC3)c(C)c2c1. The van der Waals surface area contributed by atoms with Crippen LogP contribution >= 0.6 is 0 Å². The summed E-state index contributed by atoms with van der Waals surface area (Å²) in [6.45, 7) is 5.58. The average molecular weight is 379 g/mol. The van der Waals surface area contributed by atoms with Crippen molar-refractivity contribution in [3.05, 3.63) is 59.6 Å². The number of aromatic nitrogens is 1. The molecule has 0 atom stereocenters. The third-order valence-corrected chi connectivity index (χ3v) is 4.95. The highest BCUT2D eigenvalue weighted by atomic mass is 16.6. The van der Waals surface area contributed by atoms with Crippen molar-refractivity contribution in [3.8, 4) is 5.75 Å². The van der Waals surface area contributed by atoms with Crippen molar-refractivity contribution in [1.29, 1.82) is 0 Å². The van der Waals surface area contributed by atoms with Crippen LogP contribution < -0.4 is 4.74 Å². The Morgan fingerprint density at radius 2 is 1.82 bits per heavy atom. The lowest BCUT2D eigenvalue weighted by Crippen LogP contribution is -2.51. The Bertz CT molecular complexity index is 1020. The van der Waals surface area contributed by atoms with Crippen molar-refractivity contribution in [1.82, 2.24) is 14.8 Å². The highest BCUT2D eigenvalue weighted by molar-refractivity contribution is 5.99. The number of ether oxygens (including phenoxy) is 1. The monoisotopic (exact) mass is 379 g/mol. The fraction of sp³-hybridized carbons (Fsp3) is 0.286. The normalized spacial score (nSPS) is 14.4. The highest BCUT2D eigenvalue weighted by Crippen LogP contribution is 2.27. The number of furan rings is 1. The van der Waals surface area contributed by atoms with Gasteiger partial charge >= 0.3 is 6.09 Å². The van der Waals surface area contributed by atoms with Crippen LogP contribution in [0.3, 0.4) is 0 Å². The van der Waals surface area contributed by atoms with Gasteiger partial charge in [0.25, 0.3) is 5.91 Å². The Morgan fingerprint density at radius 1 is 1.07 bits per heavy atom. The largest absolute Gasteiger partial charge is 0.451 e. The van der Waals surface area contributed by atoms with Gasteiger partial charge in [0.05, 0.1) is 6.20 Å². The van der Waals surface area contributed by atoms with E-state index in [4.69, 9.17) is 9.15 Å². The van der Waals surface area contributed by atoms with E-state index in [0.29, 0.717) is 43.3 Å². The molecule has 1 saturated heterocycles. The van der Waals surface area contributed by atoms with E-state index >= 15 is 0 Å². The van der Waals surface area contributed by atoms with E-state index in [2.05, 4.69) is 4.98 Å². The Labute approximate surface area is 162 Å². The standard InChI is InChI=1S/C21H21N3O4/c1-14-5-6-18-17(12-14)15(2)19(28-18)20(25)23-8-10-24(11-9-23)21(26)27-16-4-3-7-22-13-16/h3-7,12-13H,8-11H2,1-2H3. The number of benzene rings is 1. The molecule has 3 aromatic rings. The molecule has 1 aliphatic heterocycles. The molecule has 4 rings (SSSR count). The number of carbonyl (C=O) groups is 2. The van der Waals surface area contributed by atoms with Crippen molar-refractivity contribution in [2.75, 3.05) is 26.2 Å². The molecular formula is C21H21N3O4. The molecule has 3 heterocycles. The first kappa shape index (κ1) is 18.0. The molecule has 0 aliphatic carbocycles. The van der Waals surface area contributed by atoms with Gasteiger partial charge in [0, 0.05) is 43.3 Å². The molecule has 0 saturated carbocycles.